The molecule has 0 aromatic heterocycles. The van der Waals surface area contributed by atoms with Crippen molar-refractivity contribution in [2.45, 2.75) is 44.6 Å². The van der Waals surface area contributed by atoms with Crippen LogP contribution in [0.15, 0.2) is 18.2 Å². The Morgan fingerprint density at radius 2 is 1.92 bits per heavy atom. The number of hydrogen-bond acceptors (Lipinski definition) is 4. The van der Waals surface area contributed by atoms with Crippen molar-refractivity contribution in [2.24, 2.45) is 5.92 Å². The van der Waals surface area contributed by atoms with Gasteiger partial charge in [-0.2, -0.15) is 0 Å². The summed E-state index contributed by atoms with van der Waals surface area (Å²) >= 11 is 0. The van der Waals surface area contributed by atoms with E-state index in [9.17, 15) is 9.59 Å². The van der Waals surface area contributed by atoms with Crippen LogP contribution in [0, 0.1) is 5.92 Å². The molecule has 1 aromatic rings. The highest BCUT2D eigenvalue weighted by Gasteiger charge is 2.38. The molecule has 2 amide bonds. The van der Waals surface area contributed by atoms with Gasteiger partial charge >= 0.3 is 0 Å². The fraction of sp³-hybridized carbons (Fsp3) is 0.556. The van der Waals surface area contributed by atoms with Crippen LogP contribution in [0.5, 0.6) is 11.5 Å². The van der Waals surface area contributed by atoms with E-state index in [-0.39, 0.29) is 24.5 Å². The van der Waals surface area contributed by atoms with E-state index in [0.29, 0.717) is 36.2 Å². The first-order valence-electron chi connectivity index (χ1n) is 8.71. The lowest BCUT2D eigenvalue weighted by Gasteiger charge is -2.31. The van der Waals surface area contributed by atoms with Crippen molar-refractivity contribution in [2.75, 3.05) is 18.7 Å². The highest BCUT2D eigenvalue weighted by Crippen LogP contribution is 2.35. The molecule has 1 saturated carbocycles. The minimum Gasteiger partial charge on any atom is -0.454 e. The minimum absolute atomic E-state index is 0.0967. The number of nitrogens with zero attached hydrogens (tertiary/aromatic N) is 1. The quantitative estimate of drug-likeness (QED) is 0.925. The Balaban J connectivity index is 1.39. The molecule has 1 atom stereocenters. The fourth-order valence-corrected chi connectivity index (χ4v) is 3.87. The van der Waals surface area contributed by atoms with Gasteiger partial charge in [-0.05, 0) is 25.0 Å². The predicted molar refractivity (Wildman–Crippen MR) is 87.9 cm³/mol. The zero-order valence-corrected chi connectivity index (χ0v) is 13.6. The smallest absolute Gasteiger partial charge is 0.231 e. The molecule has 4 rings (SSSR count). The lowest BCUT2D eigenvalue weighted by atomic mass is 9.94. The monoisotopic (exact) mass is 330 g/mol. The van der Waals surface area contributed by atoms with Crippen molar-refractivity contribution in [1.82, 2.24) is 4.90 Å². The first kappa shape index (κ1) is 15.3. The van der Waals surface area contributed by atoms with Gasteiger partial charge in [0, 0.05) is 30.8 Å². The second-order valence-electron chi connectivity index (χ2n) is 6.80. The third kappa shape index (κ3) is 2.92. The number of likely N-dealkylation sites (tertiary alicyclic amines) is 1. The molecule has 2 aliphatic heterocycles. The Kier molecular flexibility index (Phi) is 4.04. The largest absolute Gasteiger partial charge is 0.454 e. The van der Waals surface area contributed by atoms with Crippen LogP contribution in [-0.2, 0) is 9.59 Å². The number of benzene rings is 1. The number of rotatable bonds is 3. The van der Waals surface area contributed by atoms with Crippen LogP contribution in [0.1, 0.15) is 38.5 Å². The molecule has 0 radical (unpaired) electrons. The topological polar surface area (TPSA) is 67.9 Å². The van der Waals surface area contributed by atoms with Crippen molar-refractivity contribution in [3.63, 3.8) is 0 Å². The van der Waals surface area contributed by atoms with Gasteiger partial charge in [-0.3, -0.25) is 9.59 Å². The average molecular weight is 330 g/mol. The number of ether oxygens (including phenoxy) is 2. The number of fused-ring (bicyclic) bond motifs is 1. The number of nitrogens with one attached hydrogen (secondary N) is 1. The molecule has 1 saturated heterocycles. The second-order valence-corrected chi connectivity index (χ2v) is 6.80. The summed E-state index contributed by atoms with van der Waals surface area (Å²) in [7, 11) is 0. The van der Waals surface area contributed by atoms with Crippen LogP contribution >= 0.6 is 0 Å². The molecule has 24 heavy (non-hydrogen) atoms. The third-order valence-corrected chi connectivity index (χ3v) is 5.18. The summed E-state index contributed by atoms with van der Waals surface area (Å²) in [5, 5.41) is 2.90. The van der Waals surface area contributed by atoms with Crippen LogP contribution in [0.4, 0.5) is 5.69 Å². The van der Waals surface area contributed by atoms with Crippen LogP contribution in [-0.4, -0.2) is 36.1 Å². The van der Waals surface area contributed by atoms with Crippen molar-refractivity contribution in [1.29, 1.82) is 0 Å². The lowest BCUT2D eigenvalue weighted by molar-refractivity contribution is -0.130. The van der Waals surface area contributed by atoms with Gasteiger partial charge < -0.3 is 19.7 Å². The van der Waals surface area contributed by atoms with Gasteiger partial charge in [0.05, 0.1) is 5.92 Å². The SMILES string of the molecule is O=C(Nc1ccc2c(c1)OCO2)C1CC(=O)N(C2CCCCC2)C1. The molecule has 3 aliphatic rings. The summed E-state index contributed by atoms with van der Waals surface area (Å²) in [6, 6.07) is 5.66. The molecule has 1 unspecified atom stereocenters. The number of carbonyl (C=O) groups is 2. The zero-order chi connectivity index (χ0) is 16.5. The van der Waals surface area contributed by atoms with Gasteiger partial charge in [-0.15, -0.1) is 0 Å². The van der Waals surface area contributed by atoms with Crippen molar-refractivity contribution in [3.05, 3.63) is 18.2 Å². The van der Waals surface area contributed by atoms with E-state index in [4.69, 9.17) is 9.47 Å². The maximum atomic E-state index is 12.5. The summed E-state index contributed by atoms with van der Waals surface area (Å²) in [5.74, 6) is 1.07. The normalized spacial score (nSPS) is 23.6. The molecule has 1 aromatic carbocycles. The lowest BCUT2D eigenvalue weighted by Crippen LogP contribution is -2.38. The molecule has 1 aliphatic carbocycles. The molecule has 6 heteroatoms. The Morgan fingerprint density at radius 3 is 2.75 bits per heavy atom. The van der Waals surface area contributed by atoms with Crippen molar-refractivity contribution >= 4 is 17.5 Å². The first-order chi connectivity index (χ1) is 11.7. The van der Waals surface area contributed by atoms with Gasteiger partial charge in [0.1, 0.15) is 0 Å². The van der Waals surface area contributed by atoms with E-state index >= 15 is 0 Å². The number of carbonyl (C=O) groups excluding carboxylic acids is 2. The molecule has 6 nitrogen and oxygen atoms in total. The molecule has 1 N–H and O–H groups in total. The van der Waals surface area contributed by atoms with Crippen LogP contribution in [0.25, 0.3) is 0 Å². The summed E-state index contributed by atoms with van der Waals surface area (Å²) in [5.41, 5.74) is 0.674. The molecule has 2 heterocycles. The minimum atomic E-state index is -0.273. The number of hydrogen-bond donors (Lipinski definition) is 1. The highest BCUT2D eigenvalue weighted by atomic mass is 16.7. The van der Waals surface area contributed by atoms with E-state index in [2.05, 4.69) is 5.32 Å². The molecule has 2 fully saturated rings. The Hall–Kier alpha value is -2.24. The van der Waals surface area contributed by atoms with E-state index in [0.717, 1.165) is 12.8 Å². The Morgan fingerprint density at radius 1 is 1.12 bits per heavy atom. The molecular weight excluding hydrogens is 308 g/mol. The van der Waals surface area contributed by atoms with Crippen LogP contribution < -0.4 is 14.8 Å². The summed E-state index contributed by atoms with van der Waals surface area (Å²) in [4.78, 5) is 26.8. The summed E-state index contributed by atoms with van der Waals surface area (Å²) in [6.45, 7) is 0.750. The first-order valence-corrected chi connectivity index (χ1v) is 8.71. The van der Waals surface area contributed by atoms with E-state index < -0.39 is 0 Å². The van der Waals surface area contributed by atoms with Gasteiger partial charge in [0.15, 0.2) is 11.5 Å². The van der Waals surface area contributed by atoms with E-state index in [1.54, 1.807) is 18.2 Å². The highest BCUT2D eigenvalue weighted by molar-refractivity contribution is 5.97. The predicted octanol–water partition coefficient (Wildman–Crippen LogP) is 2.54. The standard InChI is InChI=1S/C18H22N2O4/c21-17-8-12(10-20(17)14-4-2-1-3-5-14)18(22)19-13-6-7-15-16(9-13)24-11-23-15/h6-7,9,12,14H,1-5,8,10-11H2,(H,19,22). The second kappa shape index (κ2) is 6.34. The van der Waals surface area contributed by atoms with E-state index in [1.165, 1.54) is 19.3 Å². The summed E-state index contributed by atoms with van der Waals surface area (Å²) in [6.07, 6.45) is 6.08. The summed E-state index contributed by atoms with van der Waals surface area (Å²) < 4.78 is 10.6. The maximum Gasteiger partial charge on any atom is 0.231 e. The van der Waals surface area contributed by atoms with Crippen LogP contribution in [0.2, 0.25) is 0 Å². The van der Waals surface area contributed by atoms with Gasteiger partial charge in [0.25, 0.3) is 0 Å². The molecular formula is C18H22N2O4. The number of amides is 2. The van der Waals surface area contributed by atoms with Crippen LogP contribution in [0.3, 0.4) is 0 Å². The fourth-order valence-electron chi connectivity index (χ4n) is 3.87. The van der Waals surface area contributed by atoms with E-state index in [1.807, 2.05) is 4.90 Å². The van der Waals surface area contributed by atoms with Gasteiger partial charge in [0.2, 0.25) is 18.6 Å². The van der Waals surface area contributed by atoms with Crippen molar-refractivity contribution in [3.8, 4) is 11.5 Å². The Bertz CT molecular complexity index is 654. The average Bonchev–Trinajstić information content (AvgIpc) is 3.21. The number of anilines is 1. The van der Waals surface area contributed by atoms with Crippen molar-refractivity contribution < 1.29 is 19.1 Å². The molecule has 128 valence electrons. The molecule has 0 spiro atoms. The molecule has 0 bridgehead atoms. The third-order valence-electron chi connectivity index (χ3n) is 5.18. The Labute approximate surface area is 141 Å². The van der Waals surface area contributed by atoms with Gasteiger partial charge in [-0.1, -0.05) is 19.3 Å². The van der Waals surface area contributed by atoms with Gasteiger partial charge in [-0.25, -0.2) is 0 Å². The zero-order valence-electron chi connectivity index (χ0n) is 13.6. The maximum absolute atomic E-state index is 12.5.